The third kappa shape index (κ3) is 5.33. The Bertz CT molecular complexity index is 1520. The molecule has 2 aromatic carbocycles. The summed E-state index contributed by atoms with van der Waals surface area (Å²) in [5.41, 5.74) is 3.01. The second-order valence-corrected chi connectivity index (χ2v) is 11.3. The minimum Gasteiger partial charge on any atom is -0.497 e. The van der Waals surface area contributed by atoms with Crippen molar-refractivity contribution in [1.29, 1.82) is 0 Å². The van der Waals surface area contributed by atoms with Gasteiger partial charge in [0.2, 0.25) is 5.95 Å². The van der Waals surface area contributed by atoms with Gasteiger partial charge in [0.15, 0.2) is 15.7 Å². The van der Waals surface area contributed by atoms with Gasteiger partial charge in [0.1, 0.15) is 16.5 Å². The van der Waals surface area contributed by atoms with E-state index in [2.05, 4.69) is 21.4 Å². The van der Waals surface area contributed by atoms with Crippen molar-refractivity contribution in [3.8, 4) is 5.75 Å². The van der Waals surface area contributed by atoms with E-state index in [-0.39, 0.29) is 28.6 Å². The first-order valence-electron chi connectivity index (χ1n) is 12.2. The molecule has 0 amide bonds. The van der Waals surface area contributed by atoms with Crippen molar-refractivity contribution in [2.45, 2.75) is 30.6 Å². The van der Waals surface area contributed by atoms with Gasteiger partial charge in [-0.05, 0) is 60.2 Å². The van der Waals surface area contributed by atoms with Crippen LogP contribution in [-0.2, 0) is 27.5 Å². The minimum atomic E-state index is -3.66. The molecule has 2 N–H and O–H groups in total. The quantitative estimate of drug-likeness (QED) is 0.459. The molecule has 3 heterocycles. The molecule has 198 valence electrons. The zero-order chi connectivity index (χ0) is 26.9. The second kappa shape index (κ2) is 10.4. The topological polar surface area (TPSA) is 122 Å². The Kier molecular flexibility index (Phi) is 7.02. The second-order valence-electron chi connectivity index (χ2n) is 9.23. The van der Waals surface area contributed by atoms with Crippen molar-refractivity contribution in [1.82, 2.24) is 9.97 Å². The first-order valence-corrected chi connectivity index (χ1v) is 13.9. The Hall–Kier alpha value is -3.99. The van der Waals surface area contributed by atoms with E-state index in [9.17, 15) is 17.6 Å². The summed E-state index contributed by atoms with van der Waals surface area (Å²) in [7, 11) is -2.03. The van der Waals surface area contributed by atoms with Crippen molar-refractivity contribution in [3.63, 3.8) is 0 Å². The van der Waals surface area contributed by atoms with E-state index in [1.807, 2.05) is 29.2 Å². The number of carboxylic acid groups (broad SMARTS) is 1. The van der Waals surface area contributed by atoms with E-state index in [0.29, 0.717) is 43.1 Å². The van der Waals surface area contributed by atoms with E-state index in [4.69, 9.17) is 9.84 Å². The molecular weight excluding hydrogens is 511 g/mol. The average molecular weight is 539 g/mol. The molecule has 9 nitrogen and oxygen atoms in total. The number of aliphatic carboxylic acids is 1. The zero-order valence-corrected chi connectivity index (χ0v) is 21.6. The predicted molar refractivity (Wildman–Crippen MR) is 141 cm³/mol. The summed E-state index contributed by atoms with van der Waals surface area (Å²) >= 11 is 0. The van der Waals surface area contributed by atoms with Crippen LogP contribution in [0.25, 0.3) is 5.57 Å². The van der Waals surface area contributed by atoms with Crippen LogP contribution >= 0.6 is 0 Å². The molecule has 0 spiro atoms. The number of benzene rings is 2. The average Bonchev–Trinajstić information content (AvgIpc) is 2.89. The number of rotatable bonds is 7. The molecule has 5 rings (SSSR count). The number of methoxy groups -OCH3 is 1. The molecular formula is C27H27FN4O5S. The lowest BCUT2D eigenvalue weighted by Gasteiger charge is -2.29. The van der Waals surface area contributed by atoms with Crippen LogP contribution < -0.4 is 15.0 Å². The zero-order valence-electron chi connectivity index (χ0n) is 20.8. The fourth-order valence-electron chi connectivity index (χ4n) is 4.73. The molecule has 0 saturated heterocycles. The van der Waals surface area contributed by atoms with Gasteiger partial charge in [-0.25, -0.2) is 17.8 Å². The van der Waals surface area contributed by atoms with E-state index in [1.165, 1.54) is 17.7 Å². The van der Waals surface area contributed by atoms with Crippen LogP contribution in [0.4, 0.5) is 21.8 Å². The number of hydrogen-bond donors (Lipinski definition) is 2. The van der Waals surface area contributed by atoms with Gasteiger partial charge in [-0.2, -0.15) is 4.98 Å². The highest BCUT2D eigenvalue weighted by molar-refractivity contribution is 7.91. The van der Waals surface area contributed by atoms with Gasteiger partial charge in [-0.15, -0.1) is 0 Å². The largest absolute Gasteiger partial charge is 0.497 e. The van der Waals surface area contributed by atoms with Gasteiger partial charge in [-0.3, -0.25) is 4.79 Å². The van der Waals surface area contributed by atoms with Crippen LogP contribution in [0.3, 0.4) is 0 Å². The molecule has 0 fully saturated rings. The minimum absolute atomic E-state index is 0.00649. The first-order chi connectivity index (χ1) is 18.2. The van der Waals surface area contributed by atoms with Crippen LogP contribution in [0.5, 0.6) is 5.75 Å². The molecule has 0 atom stereocenters. The standard InChI is InChI=1S/C27H27FN4O5S/c1-37-20-7-5-18(6-8-20)19-10-12-32(13-11-19)27-30-23-3-2-14-38(35,36)25(23)26(31-27)29-22-9-4-17(15-21(22)28)16-24(33)34/h4-10,15H,2-3,11-14,16H2,1H3,(H,33,34)(H,29,30,31). The number of carboxylic acids is 1. The number of hydrogen-bond acceptors (Lipinski definition) is 8. The molecule has 0 bridgehead atoms. The van der Waals surface area contributed by atoms with Gasteiger partial charge in [0.25, 0.3) is 0 Å². The summed E-state index contributed by atoms with van der Waals surface area (Å²) in [5, 5.41) is 11.8. The monoisotopic (exact) mass is 538 g/mol. The number of fused-ring (bicyclic) bond motifs is 1. The van der Waals surface area contributed by atoms with Crippen LogP contribution in [0.1, 0.15) is 29.7 Å². The highest BCUT2D eigenvalue weighted by Gasteiger charge is 2.31. The molecule has 0 aliphatic carbocycles. The maximum Gasteiger partial charge on any atom is 0.307 e. The Morgan fingerprint density at radius 3 is 2.61 bits per heavy atom. The van der Waals surface area contributed by atoms with Crippen molar-refractivity contribution in [2.24, 2.45) is 0 Å². The summed E-state index contributed by atoms with van der Waals surface area (Å²) in [4.78, 5) is 22.1. The number of aryl methyl sites for hydroxylation is 1. The number of carbonyl (C=O) groups is 1. The fraction of sp³-hybridized carbons (Fsp3) is 0.296. The van der Waals surface area contributed by atoms with E-state index >= 15 is 0 Å². The maximum absolute atomic E-state index is 14.8. The molecule has 1 aromatic heterocycles. The van der Waals surface area contributed by atoms with Gasteiger partial charge < -0.3 is 20.1 Å². The number of nitrogens with zero attached hydrogens (tertiary/aromatic N) is 3. The molecule has 0 radical (unpaired) electrons. The SMILES string of the molecule is COc1ccc(C2=CCN(c3nc4c(c(Nc5ccc(CC(=O)O)cc5F)n3)S(=O)(=O)CCC4)CC2)cc1. The highest BCUT2D eigenvalue weighted by atomic mass is 32.2. The van der Waals surface area contributed by atoms with E-state index < -0.39 is 21.6 Å². The molecule has 0 saturated carbocycles. The first kappa shape index (κ1) is 25.7. The summed E-state index contributed by atoms with van der Waals surface area (Å²) in [6.45, 7) is 1.16. The predicted octanol–water partition coefficient (Wildman–Crippen LogP) is 4.01. The third-order valence-corrected chi connectivity index (χ3v) is 8.53. The van der Waals surface area contributed by atoms with Crippen molar-refractivity contribution in [2.75, 3.05) is 36.2 Å². The maximum atomic E-state index is 14.8. The smallest absolute Gasteiger partial charge is 0.307 e. The summed E-state index contributed by atoms with van der Waals surface area (Å²) < 4.78 is 46.0. The van der Waals surface area contributed by atoms with Crippen molar-refractivity contribution >= 4 is 38.8 Å². The van der Waals surface area contributed by atoms with Crippen LogP contribution in [0.15, 0.2) is 53.4 Å². The Morgan fingerprint density at radius 1 is 1.16 bits per heavy atom. The number of aromatic nitrogens is 2. The van der Waals surface area contributed by atoms with Gasteiger partial charge in [-0.1, -0.05) is 24.3 Å². The molecule has 0 unspecified atom stereocenters. The lowest BCUT2D eigenvalue weighted by Crippen LogP contribution is -2.31. The Balaban J connectivity index is 1.46. The van der Waals surface area contributed by atoms with Gasteiger partial charge in [0, 0.05) is 13.1 Å². The summed E-state index contributed by atoms with van der Waals surface area (Å²) in [5.74, 6) is -0.616. The molecule has 11 heteroatoms. The van der Waals surface area contributed by atoms with Crippen LogP contribution in [-0.4, -0.2) is 55.4 Å². The van der Waals surface area contributed by atoms with E-state index in [1.54, 1.807) is 7.11 Å². The number of halogens is 1. The highest BCUT2D eigenvalue weighted by Crippen LogP contribution is 2.35. The molecule has 38 heavy (non-hydrogen) atoms. The Morgan fingerprint density at radius 2 is 1.95 bits per heavy atom. The van der Waals surface area contributed by atoms with Gasteiger partial charge >= 0.3 is 5.97 Å². The fourth-order valence-corrected chi connectivity index (χ4v) is 6.35. The van der Waals surface area contributed by atoms with E-state index in [0.717, 1.165) is 23.8 Å². The number of nitrogens with one attached hydrogen (secondary N) is 1. The van der Waals surface area contributed by atoms with Crippen molar-refractivity contribution < 1.29 is 27.4 Å². The molecule has 3 aromatic rings. The molecule has 2 aliphatic heterocycles. The third-order valence-electron chi connectivity index (χ3n) is 6.66. The van der Waals surface area contributed by atoms with Gasteiger partial charge in [0.05, 0.1) is 30.7 Å². The number of anilines is 3. The normalized spacial score (nSPS) is 16.4. The summed E-state index contributed by atoms with van der Waals surface area (Å²) in [6.07, 6.45) is 3.44. The van der Waals surface area contributed by atoms with Crippen molar-refractivity contribution in [3.05, 3.63) is 71.2 Å². The Labute approximate surface area is 219 Å². The lowest BCUT2D eigenvalue weighted by atomic mass is 9.99. The number of ether oxygens (including phenoxy) is 1. The van der Waals surface area contributed by atoms with Crippen LogP contribution in [0, 0.1) is 5.82 Å². The number of sulfone groups is 1. The van der Waals surface area contributed by atoms with Crippen LogP contribution in [0.2, 0.25) is 0 Å². The summed E-state index contributed by atoms with van der Waals surface area (Å²) in [6, 6.07) is 11.9. The lowest BCUT2D eigenvalue weighted by molar-refractivity contribution is -0.136. The molecule has 2 aliphatic rings.